The van der Waals surface area contributed by atoms with E-state index in [0.717, 1.165) is 11.5 Å². The summed E-state index contributed by atoms with van der Waals surface area (Å²) < 4.78 is 0. The fraction of sp³-hybridized carbons (Fsp3) is 0.333. The summed E-state index contributed by atoms with van der Waals surface area (Å²) in [7, 11) is 0. The maximum absolute atomic E-state index is 2.18. The van der Waals surface area contributed by atoms with Gasteiger partial charge in [-0.1, -0.05) is 88.4 Å². The van der Waals surface area contributed by atoms with Gasteiger partial charge in [-0.05, 0) is 11.1 Å². The van der Waals surface area contributed by atoms with Gasteiger partial charge in [-0.2, -0.15) is 11.8 Å². The monoisotopic (exact) mass is 274 g/mol. The number of hydrogen-bond donors (Lipinski definition) is 0. The molecule has 104 valence electrons. The molecule has 1 heteroatoms. The molecule has 0 unspecified atom stereocenters. The Balaban J connectivity index is 0.000000741. The van der Waals surface area contributed by atoms with Gasteiger partial charge in [0.1, 0.15) is 0 Å². The molecule has 0 aromatic heterocycles. The van der Waals surface area contributed by atoms with Crippen LogP contribution in [0.4, 0.5) is 0 Å². The molecule has 0 heterocycles. The van der Waals surface area contributed by atoms with Crippen LogP contribution in [0.3, 0.4) is 0 Å². The molecule has 0 N–H and O–H groups in total. The first-order valence-electron chi connectivity index (χ1n) is 7.11. The largest absolute Gasteiger partial charge is 0.152 e. The Kier molecular flexibility index (Phi) is 12.4. The molecule has 0 bridgehead atoms. The smallest absolute Gasteiger partial charge is 0.0187 e. The van der Waals surface area contributed by atoms with E-state index in [-0.39, 0.29) is 0 Å². The summed E-state index contributed by atoms with van der Waals surface area (Å²) >= 11 is 1.96. The highest BCUT2D eigenvalue weighted by molar-refractivity contribution is 7.97. The highest BCUT2D eigenvalue weighted by atomic mass is 32.2. The molecule has 0 amide bonds. The molecular weight excluding hydrogens is 248 g/mol. The summed E-state index contributed by atoms with van der Waals surface area (Å²) in [4.78, 5) is 0. The minimum Gasteiger partial charge on any atom is -0.152 e. The average Bonchev–Trinajstić information content (AvgIpc) is 2.53. The first-order chi connectivity index (χ1) is 9.45. The van der Waals surface area contributed by atoms with Gasteiger partial charge in [0.15, 0.2) is 0 Å². The second-order valence-electron chi connectivity index (χ2n) is 3.46. The molecule has 0 atom stereocenters. The van der Waals surface area contributed by atoms with Gasteiger partial charge < -0.3 is 0 Å². The molecule has 0 nitrogen and oxygen atoms in total. The third-order valence-electron chi connectivity index (χ3n) is 2.22. The van der Waals surface area contributed by atoms with Crippen molar-refractivity contribution in [2.45, 2.75) is 39.2 Å². The zero-order chi connectivity index (χ0) is 14.3. The summed E-state index contributed by atoms with van der Waals surface area (Å²) in [5.74, 6) is 2.19. The van der Waals surface area contributed by atoms with Crippen LogP contribution in [0.1, 0.15) is 38.8 Å². The average molecular weight is 274 g/mol. The van der Waals surface area contributed by atoms with Gasteiger partial charge in [-0.15, -0.1) is 0 Å². The van der Waals surface area contributed by atoms with Crippen molar-refractivity contribution in [2.24, 2.45) is 0 Å². The van der Waals surface area contributed by atoms with Crippen molar-refractivity contribution in [3.8, 4) is 0 Å². The standard InChI is InChI=1S/C14H14S.2C2H6/c1-3-7-13(8-4-1)11-15-12-14-9-5-2-6-10-14;2*1-2/h1-10H,11-12H2;2*1-2H3. The maximum atomic E-state index is 2.18. The van der Waals surface area contributed by atoms with Crippen molar-refractivity contribution in [3.63, 3.8) is 0 Å². The molecule has 0 fully saturated rings. The van der Waals surface area contributed by atoms with Crippen LogP contribution < -0.4 is 0 Å². The Bertz CT molecular complexity index is 341. The Labute approximate surface area is 123 Å². The van der Waals surface area contributed by atoms with Crippen LogP contribution in [0.15, 0.2) is 60.7 Å². The Morgan fingerprint density at radius 3 is 1.21 bits per heavy atom. The van der Waals surface area contributed by atoms with Crippen LogP contribution in [-0.2, 0) is 11.5 Å². The summed E-state index contributed by atoms with van der Waals surface area (Å²) in [6.07, 6.45) is 0. The van der Waals surface area contributed by atoms with Gasteiger partial charge >= 0.3 is 0 Å². The molecule has 2 aromatic rings. The van der Waals surface area contributed by atoms with E-state index in [1.807, 2.05) is 39.5 Å². The zero-order valence-electron chi connectivity index (χ0n) is 12.6. The molecule has 19 heavy (non-hydrogen) atoms. The van der Waals surface area contributed by atoms with Gasteiger partial charge in [-0.25, -0.2) is 0 Å². The van der Waals surface area contributed by atoms with Crippen molar-refractivity contribution < 1.29 is 0 Å². The fourth-order valence-corrected chi connectivity index (χ4v) is 2.39. The van der Waals surface area contributed by atoms with Crippen molar-refractivity contribution in [1.82, 2.24) is 0 Å². The van der Waals surface area contributed by atoms with Crippen LogP contribution in [0, 0.1) is 0 Å². The quantitative estimate of drug-likeness (QED) is 0.642. The topological polar surface area (TPSA) is 0 Å². The summed E-state index contributed by atoms with van der Waals surface area (Å²) in [5, 5.41) is 0. The van der Waals surface area contributed by atoms with E-state index in [1.54, 1.807) is 0 Å². The molecule has 0 radical (unpaired) electrons. The molecular formula is C18H26S. The van der Waals surface area contributed by atoms with Crippen LogP contribution in [0.2, 0.25) is 0 Å². The Morgan fingerprint density at radius 1 is 0.579 bits per heavy atom. The van der Waals surface area contributed by atoms with Gasteiger partial charge in [0, 0.05) is 11.5 Å². The minimum atomic E-state index is 1.09. The lowest BCUT2D eigenvalue weighted by atomic mass is 10.2. The summed E-state index contributed by atoms with van der Waals surface area (Å²) in [6.45, 7) is 8.00. The van der Waals surface area contributed by atoms with Gasteiger partial charge in [0.2, 0.25) is 0 Å². The highest BCUT2D eigenvalue weighted by Crippen LogP contribution is 2.17. The molecule has 2 aromatic carbocycles. The SMILES string of the molecule is CC.CC.c1ccc(CSCc2ccccc2)cc1. The van der Waals surface area contributed by atoms with Crippen LogP contribution >= 0.6 is 11.8 Å². The van der Waals surface area contributed by atoms with Crippen LogP contribution in [-0.4, -0.2) is 0 Å². The van der Waals surface area contributed by atoms with E-state index in [2.05, 4.69) is 60.7 Å². The minimum absolute atomic E-state index is 1.09. The van der Waals surface area contributed by atoms with Crippen LogP contribution in [0.25, 0.3) is 0 Å². The van der Waals surface area contributed by atoms with E-state index in [9.17, 15) is 0 Å². The lowest BCUT2D eigenvalue weighted by Crippen LogP contribution is -1.82. The number of benzene rings is 2. The third kappa shape index (κ3) is 8.50. The lowest BCUT2D eigenvalue weighted by Gasteiger charge is -2.01. The molecule has 0 saturated heterocycles. The lowest BCUT2D eigenvalue weighted by molar-refractivity contribution is 1.36. The molecule has 0 saturated carbocycles. The van der Waals surface area contributed by atoms with Crippen molar-refractivity contribution in [3.05, 3.63) is 71.8 Å². The van der Waals surface area contributed by atoms with E-state index in [4.69, 9.17) is 0 Å². The second kappa shape index (κ2) is 13.2. The second-order valence-corrected chi connectivity index (χ2v) is 4.45. The Morgan fingerprint density at radius 2 is 0.895 bits per heavy atom. The van der Waals surface area contributed by atoms with Gasteiger partial charge in [0.05, 0.1) is 0 Å². The fourth-order valence-electron chi connectivity index (χ4n) is 1.44. The van der Waals surface area contributed by atoms with E-state index in [0.29, 0.717) is 0 Å². The molecule has 0 spiro atoms. The maximum Gasteiger partial charge on any atom is 0.0187 e. The van der Waals surface area contributed by atoms with E-state index in [1.165, 1.54) is 11.1 Å². The van der Waals surface area contributed by atoms with Crippen molar-refractivity contribution in [2.75, 3.05) is 0 Å². The van der Waals surface area contributed by atoms with Gasteiger partial charge in [-0.3, -0.25) is 0 Å². The zero-order valence-corrected chi connectivity index (χ0v) is 13.4. The van der Waals surface area contributed by atoms with Crippen LogP contribution in [0.5, 0.6) is 0 Å². The third-order valence-corrected chi connectivity index (χ3v) is 3.30. The number of rotatable bonds is 4. The predicted molar refractivity (Wildman–Crippen MR) is 90.6 cm³/mol. The normalized spacial score (nSPS) is 8.63. The molecule has 0 aliphatic rings. The number of hydrogen-bond acceptors (Lipinski definition) is 1. The van der Waals surface area contributed by atoms with Crippen molar-refractivity contribution in [1.29, 1.82) is 0 Å². The van der Waals surface area contributed by atoms with E-state index < -0.39 is 0 Å². The molecule has 2 rings (SSSR count). The first-order valence-corrected chi connectivity index (χ1v) is 8.26. The van der Waals surface area contributed by atoms with E-state index >= 15 is 0 Å². The molecule has 0 aliphatic carbocycles. The molecule has 0 aliphatic heterocycles. The first kappa shape index (κ1) is 17.8. The van der Waals surface area contributed by atoms with Crippen molar-refractivity contribution >= 4 is 11.8 Å². The summed E-state index contributed by atoms with van der Waals surface area (Å²) in [6, 6.07) is 21.2. The Hall–Kier alpha value is -1.21. The predicted octanol–water partition coefficient (Wildman–Crippen LogP) is 6.17. The van der Waals surface area contributed by atoms with Gasteiger partial charge in [0.25, 0.3) is 0 Å². The number of thioether (sulfide) groups is 1. The highest BCUT2D eigenvalue weighted by Gasteiger charge is 1.93. The summed E-state index contributed by atoms with van der Waals surface area (Å²) in [5.41, 5.74) is 2.80.